The second kappa shape index (κ2) is 8.54. The van der Waals surface area contributed by atoms with Gasteiger partial charge in [-0.05, 0) is 30.7 Å². The first kappa shape index (κ1) is 17.3. The van der Waals surface area contributed by atoms with Gasteiger partial charge in [-0.2, -0.15) is 13.2 Å². The van der Waals surface area contributed by atoms with Crippen LogP contribution < -0.4 is 5.32 Å². The highest BCUT2D eigenvalue weighted by molar-refractivity contribution is 7.99. The van der Waals surface area contributed by atoms with E-state index in [0.29, 0.717) is 29.4 Å². The summed E-state index contributed by atoms with van der Waals surface area (Å²) in [7, 11) is 1.57. The summed E-state index contributed by atoms with van der Waals surface area (Å²) < 4.78 is 44.1. The van der Waals surface area contributed by atoms with Crippen molar-refractivity contribution < 1.29 is 17.9 Å². The number of halogens is 3. The normalized spacial score (nSPS) is 11.8. The number of nitrogens with one attached hydrogen (secondary N) is 1. The molecule has 1 rings (SSSR count). The molecule has 114 valence electrons. The average Bonchev–Trinajstić information content (AvgIpc) is 2.39. The molecule has 0 saturated carbocycles. The topological polar surface area (TPSA) is 21.3 Å². The second-order valence-electron chi connectivity index (χ2n) is 4.33. The highest BCUT2D eigenvalue weighted by Crippen LogP contribution is 2.34. The van der Waals surface area contributed by atoms with Crippen LogP contribution in [-0.4, -0.2) is 26.0 Å². The van der Waals surface area contributed by atoms with Crippen molar-refractivity contribution in [2.45, 2.75) is 31.0 Å². The summed E-state index contributed by atoms with van der Waals surface area (Å²) in [4.78, 5) is 0.619. The molecule has 0 heterocycles. The average molecular weight is 307 g/mol. The Hall–Kier alpha value is -0.720. The van der Waals surface area contributed by atoms with Crippen LogP contribution in [0.4, 0.5) is 13.2 Å². The van der Waals surface area contributed by atoms with Crippen LogP contribution in [0.5, 0.6) is 0 Å². The molecule has 0 unspecified atom stereocenters. The summed E-state index contributed by atoms with van der Waals surface area (Å²) in [5.41, 5.74) is -0.259. The van der Waals surface area contributed by atoms with Gasteiger partial charge in [0.05, 0.1) is 12.2 Å². The molecule has 0 radical (unpaired) electrons. The van der Waals surface area contributed by atoms with Crippen molar-refractivity contribution in [2.75, 3.05) is 26.0 Å². The van der Waals surface area contributed by atoms with Gasteiger partial charge in [0, 0.05) is 24.3 Å². The largest absolute Gasteiger partial charge is 0.416 e. The van der Waals surface area contributed by atoms with E-state index in [4.69, 9.17) is 4.74 Å². The molecule has 0 aliphatic rings. The number of methoxy groups -OCH3 is 1. The molecular formula is C14H20F3NOS. The minimum absolute atomic E-state index is 0.242. The van der Waals surface area contributed by atoms with E-state index in [0.717, 1.165) is 6.42 Å². The van der Waals surface area contributed by atoms with Crippen LogP contribution in [0.1, 0.15) is 24.5 Å². The number of rotatable bonds is 8. The quantitative estimate of drug-likeness (QED) is 0.580. The van der Waals surface area contributed by atoms with Crippen molar-refractivity contribution in [2.24, 2.45) is 0 Å². The first-order chi connectivity index (χ1) is 9.49. The third-order valence-electron chi connectivity index (χ3n) is 2.69. The van der Waals surface area contributed by atoms with Gasteiger partial charge in [-0.15, -0.1) is 11.8 Å². The van der Waals surface area contributed by atoms with Gasteiger partial charge in [0.2, 0.25) is 0 Å². The molecule has 0 fully saturated rings. The van der Waals surface area contributed by atoms with E-state index in [1.807, 2.05) is 6.92 Å². The molecule has 6 heteroatoms. The Bertz CT molecular complexity index is 410. The zero-order valence-electron chi connectivity index (χ0n) is 11.7. The van der Waals surface area contributed by atoms with Gasteiger partial charge in [0.25, 0.3) is 0 Å². The maximum absolute atomic E-state index is 13.1. The maximum Gasteiger partial charge on any atom is 0.416 e. The lowest BCUT2D eigenvalue weighted by Gasteiger charge is -2.15. The van der Waals surface area contributed by atoms with Crippen LogP contribution in [0, 0.1) is 0 Å². The predicted octanol–water partition coefficient (Wildman–Crippen LogP) is 3.94. The number of ether oxygens (including phenoxy) is 1. The zero-order chi connectivity index (χ0) is 15.0. The molecule has 0 atom stereocenters. The van der Waals surface area contributed by atoms with E-state index in [1.54, 1.807) is 19.2 Å². The van der Waals surface area contributed by atoms with Crippen LogP contribution >= 0.6 is 11.8 Å². The van der Waals surface area contributed by atoms with Crippen molar-refractivity contribution >= 4 is 11.8 Å². The highest BCUT2D eigenvalue weighted by atomic mass is 32.2. The minimum Gasteiger partial charge on any atom is -0.384 e. The molecule has 0 aliphatic carbocycles. The minimum atomic E-state index is -4.32. The van der Waals surface area contributed by atoms with Gasteiger partial charge >= 0.3 is 6.18 Å². The van der Waals surface area contributed by atoms with Crippen LogP contribution in [0.2, 0.25) is 0 Å². The molecule has 2 nitrogen and oxygen atoms in total. The standard InChI is InChI=1S/C14H20F3NOS/c1-3-6-18-10-11-4-5-12(20-8-7-19-2)9-13(11)14(15,16)17/h4-5,9,18H,3,6-8,10H2,1-2H3. The SMILES string of the molecule is CCCNCc1ccc(SCCOC)cc1C(F)(F)F. The molecule has 1 aromatic carbocycles. The van der Waals surface area contributed by atoms with Gasteiger partial charge in [-0.1, -0.05) is 13.0 Å². The van der Waals surface area contributed by atoms with E-state index < -0.39 is 11.7 Å². The smallest absolute Gasteiger partial charge is 0.384 e. The molecule has 1 aromatic rings. The molecule has 20 heavy (non-hydrogen) atoms. The summed E-state index contributed by atoms with van der Waals surface area (Å²) in [6.45, 7) is 3.45. The van der Waals surface area contributed by atoms with E-state index in [1.165, 1.54) is 17.8 Å². The molecule has 1 N–H and O–H groups in total. The lowest BCUT2D eigenvalue weighted by atomic mass is 10.1. The van der Waals surface area contributed by atoms with Crippen molar-refractivity contribution in [3.63, 3.8) is 0 Å². The lowest BCUT2D eigenvalue weighted by molar-refractivity contribution is -0.138. The predicted molar refractivity (Wildman–Crippen MR) is 76.0 cm³/mol. The zero-order valence-corrected chi connectivity index (χ0v) is 12.5. The van der Waals surface area contributed by atoms with Crippen LogP contribution in [0.15, 0.2) is 23.1 Å². The molecule has 0 bridgehead atoms. The summed E-state index contributed by atoms with van der Waals surface area (Å²) in [6, 6.07) is 4.52. The summed E-state index contributed by atoms with van der Waals surface area (Å²) in [5.74, 6) is 0.640. The van der Waals surface area contributed by atoms with Crippen molar-refractivity contribution in [3.8, 4) is 0 Å². The third kappa shape index (κ3) is 5.73. The summed E-state index contributed by atoms with van der Waals surface area (Å²) in [5, 5.41) is 3.01. The van der Waals surface area contributed by atoms with Gasteiger partial charge in [0.15, 0.2) is 0 Å². The van der Waals surface area contributed by atoms with Crippen LogP contribution in [0.3, 0.4) is 0 Å². The van der Waals surface area contributed by atoms with Gasteiger partial charge in [0.1, 0.15) is 0 Å². The molecule has 0 spiro atoms. The Kier molecular flexibility index (Phi) is 7.40. The van der Waals surface area contributed by atoms with Crippen LogP contribution in [0.25, 0.3) is 0 Å². The maximum atomic E-state index is 13.1. The molecular weight excluding hydrogens is 287 g/mol. The number of thioether (sulfide) groups is 1. The molecule has 0 aromatic heterocycles. The number of hydrogen-bond acceptors (Lipinski definition) is 3. The molecule has 0 aliphatic heterocycles. The van der Waals surface area contributed by atoms with Crippen molar-refractivity contribution in [1.29, 1.82) is 0 Å². The number of hydrogen-bond donors (Lipinski definition) is 1. The van der Waals surface area contributed by atoms with Crippen molar-refractivity contribution in [3.05, 3.63) is 29.3 Å². The Balaban J connectivity index is 2.83. The fraction of sp³-hybridized carbons (Fsp3) is 0.571. The van der Waals surface area contributed by atoms with Gasteiger partial charge in [-0.25, -0.2) is 0 Å². The van der Waals surface area contributed by atoms with E-state index in [2.05, 4.69) is 5.32 Å². The number of alkyl halides is 3. The Morgan fingerprint density at radius 2 is 2.05 bits per heavy atom. The first-order valence-corrected chi connectivity index (χ1v) is 7.50. The van der Waals surface area contributed by atoms with Crippen molar-refractivity contribution in [1.82, 2.24) is 5.32 Å². The summed E-state index contributed by atoms with van der Waals surface area (Å²) >= 11 is 1.37. The monoisotopic (exact) mass is 307 g/mol. The number of benzene rings is 1. The third-order valence-corrected chi connectivity index (χ3v) is 3.64. The van der Waals surface area contributed by atoms with E-state index in [-0.39, 0.29) is 6.54 Å². The Morgan fingerprint density at radius 1 is 1.30 bits per heavy atom. The Labute approximate surface area is 122 Å². The fourth-order valence-corrected chi connectivity index (χ4v) is 2.56. The molecule has 0 saturated heterocycles. The van der Waals surface area contributed by atoms with Gasteiger partial charge < -0.3 is 10.1 Å². The second-order valence-corrected chi connectivity index (χ2v) is 5.50. The van der Waals surface area contributed by atoms with E-state index >= 15 is 0 Å². The van der Waals surface area contributed by atoms with E-state index in [9.17, 15) is 13.2 Å². The van der Waals surface area contributed by atoms with Crippen LogP contribution in [-0.2, 0) is 17.5 Å². The highest BCUT2D eigenvalue weighted by Gasteiger charge is 2.33. The lowest BCUT2D eigenvalue weighted by Crippen LogP contribution is -2.18. The first-order valence-electron chi connectivity index (χ1n) is 6.51. The van der Waals surface area contributed by atoms with Gasteiger partial charge in [-0.3, -0.25) is 0 Å². The fourth-order valence-electron chi connectivity index (χ4n) is 1.71. The Morgan fingerprint density at radius 3 is 2.65 bits per heavy atom. The molecule has 0 amide bonds. The summed E-state index contributed by atoms with van der Waals surface area (Å²) in [6.07, 6.45) is -3.42.